The average molecular weight is 425 g/mol. The van der Waals surface area contributed by atoms with E-state index in [1.54, 1.807) is 6.07 Å². The summed E-state index contributed by atoms with van der Waals surface area (Å²) in [6, 6.07) is 9.94. The Kier molecular flexibility index (Phi) is 4.98. The number of hydrogen-bond donors (Lipinski definition) is 1. The summed E-state index contributed by atoms with van der Waals surface area (Å²) in [4.78, 5) is -0.152. The molecule has 118 valence electrons. The Bertz CT molecular complexity index is 927. The number of halogens is 2. The van der Waals surface area contributed by atoms with Crippen LogP contribution in [0.15, 0.2) is 56.7 Å². The van der Waals surface area contributed by atoms with E-state index in [1.165, 1.54) is 36.4 Å². The van der Waals surface area contributed by atoms with E-state index in [9.17, 15) is 16.8 Å². The smallest absolute Gasteiger partial charge is 0.225 e. The fourth-order valence-electron chi connectivity index (χ4n) is 1.84. The van der Waals surface area contributed by atoms with E-state index in [-0.39, 0.29) is 20.6 Å². The first kappa shape index (κ1) is 17.4. The van der Waals surface area contributed by atoms with Gasteiger partial charge in [-0.3, -0.25) is 0 Å². The highest BCUT2D eigenvalue weighted by atomic mass is 79.9. The van der Waals surface area contributed by atoms with E-state index in [0.717, 1.165) is 0 Å². The van der Waals surface area contributed by atoms with Crippen molar-refractivity contribution < 1.29 is 16.8 Å². The van der Waals surface area contributed by atoms with E-state index in [2.05, 4.69) is 15.9 Å². The normalized spacial score (nSPS) is 12.3. The van der Waals surface area contributed by atoms with Crippen LogP contribution in [0.1, 0.15) is 5.56 Å². The van der Waals surface area contributed by atoms with Gasteiger partial charge in [0.25, 0.3) is 0 Å². The van der Waals surface area contributed by atoms with Crippen LogP contribution in [0.3, 0.4) is 0 Å². The van der Waals surface area contributed by atoms with Crippen LogP contribution < -0.4 is 5.14 Å². The van der Waals surface area contributed by atoms with Crippen LogP contribution in [0.25, 0.3) is 0 Å². The summed E-state index contributed by atoms with van der Waals surface area (Å²) >= 11 is 9.16. The van der Waals surface area contributed by atoms with Crippen LogP contribution in [0.4, 0.5) is 0 Å². The zero-order chi connectivity index (χ0) is 16.5. The molecule has 0 aliphatic carbocycles. The summed E-state index contributed by atoms with van der Waals surface area (Å²) in [5.41, 5.74) is 0.311. The second-order valence-corrected chi connectivity index (χ2v) is 9.37. The monoisotopic (exact) mass is 423 g/mol. The molecule has 5 nitrogen and oxygen atoms in total. The van der Waals surface area contributed by atoms with Gasteiger partial charge in [-0.15, -0.1) is 0 Å². The third kappa shape index (κ3) is 4.08. The zero-order valence-electron chi connectivity index (χ0n) is 11.0. The van der Waals surface area contributed by atoms with Crippen molar-refractivity contribution in [3.05, 3.63) is 57.5 Å². The van der Waals surface area contributed by atoms with Crippen molar-refractivity contribution in [2.75, 3.05) is 0 Å². The first-order chi connectivity index (χ1) is 10.1. The molecule has 0 aliphatic heterocycles. The topological polar surface area (TPSA) is 94.3 Å². The van der Waals surface area contributed by atoms with E-state index < -0.39 is 19.9 Å². The van der Waals surface area contributed by atoms with E-state index >= 15 is 0 Å². The molecule has 0 amide bonds. The van der Waals surface area contributed by atoms with Crippen LogP contribution in [-0.4, -0.2) is 16.8 Å². The van der Waals surface area contributed by atoms with Gasteiger partial charge in [0.2, 0.25) is 10.0 Å². The zero-order valence-corrected chi connectivity index (χ0v) is 15.0. The summed E-state index contributed by atoms with van der Waals surface area (Å²) in [6.07, 6.45) is 0. The molecule has 9 heteroatoms. The minimum absolute atomic E-state index is 0.0154. The van der Waals surface area contributed by atoms with Gasteiger partial charge in [-0.2, -0.15) is 0 Å². The Morgan fingerprint density at radius 2 is 1.73 bits per heavy atom. The molecule has 0 radical (unpaired) electrons. The third-order valence-electron chi connectivity index (χ3n) is 2.81. The highest BCUT2D eigenvalue weighted by Gasteiger charge is 2.20. The minimum Gasteiger partial charge on any atom is -0.225 e. The Morgan fingerprint density at radius 3 is 2.32 bits per heavy atom. The lowest BCUT2D eigenvalue weighted by Crippen LogP contribution is -2.13. The molecule has 0 aliphatic rings. The third-order valence-corrected chi connectivity index (χ3v) is 6.38. The summed E-state index contributed by atoms with van der Waals surface area (Å²) < 4.78 is 48.1. The van der Waals surface area contributed by atoms with Gasteiger partial charge in [0.05, 0.1) is 20.6 Å². The molecule has 2 N–H and O–H groups in total. The molecule has 0 saturated carbocycles. The van der Waals surface area contributed by atoms with Crippen LogP contribution in [0, 0.1) is 0 Å². The Morgan fingerprint density at radius 1 is 1.05 bits per heavy atom. The Labute approximate surface area is 142 Å². The number of sulfonamides is 1. The van der Waals surface area contributed by atoms with E-state index in [1.807, 2.05) is 0 Å². The molecule has 2 aromatic carbocycles. The first-order valence-corrected chi connectivity index (χ1v) is 10.3. The highest BCUT2D eigenvalue weighted by Crippen LogP contribution is 2.28. The lowest BCUT2D eigenvalue weighted by atomic mass is 10.2. The van der Waals surface area contributed by atoms with E-state index in [0.29, 0.717) is 10.0 Å². The largest absolute Gasteiger partial charge is 0.238 e. The van der Waals surface area contributed by atoms with Gasteiger partial charge in [0.15, 0.2) is 9.84 Å². The van der Waals surface area contributed by atoms with Crippen molar-refractivity contribution in [2.24, 2.45) is 5.14 Å². The molecule has 0 saturated heterocycles. The van der Waals surface area contributed by atoms with Crippen LogP contribution in [0.5, 0.6) is 0 Å². The molecule has 0 heterocycles. The number of nitrogens with two attached hydrogens (primary N) is 1. The number of primary sulfonamides is 1. The van der Waals surface area contributed by atoms with Gasteiger partial charge in [-0.25, -0.2) is 22.0 Å². The van der Waals surface area contributed by atoms with Crippen LogP contribution in [-0.2, 0) is 25.6 Å². The van der Waals surface area contributed by atoms with Gasteiger partial charge >= 0.3 is 0 Å². The first-order valence-electron chi connectivity index (χ1n) is 5.89. The van der Waals surface area contributed by atoms with Gasteiger partial charge < -0.3 is 0 Å². The van der Waals surface area contributed by atoms with Gasteiger partial charge in [-0.05, 0) is 35.9 Å². The summed E-state index contributed by atoms with van der Waals surface area (Å²) in [6.45, 7) is 0. The van der Waals surface area contributed by atoms with Crippen LogP contribution >= 0.6 is 27.5 Å². The molecule has 22 heavy (non-hydrogen) atoms. The quantitative estimate of drug-likeness (QED) is 0.816. The molecule has 0 fully saturated rings. The predicted octanol–water partition coefficient (Wildman–Crippen LogP) is 2.72. The Balaban J connectivity index is 2.41. The maximum atomic E-state index is 12.4. The predicted molar refractivity (Wildman–Crippen MR) is 87.9 cm³/mol. The maximum absolute atomic E-state index is 12.4. The molecule has 0 aromatic heterocycles. The highest BCUT2D eigenvalue weighted by molar-refractivity contribution is 9.10. The summed E-state index contributed by atoms with van der Waals surface area (Å²) in [5.74, 6) is -0.377. The van der Waals surface area contributed by atoms with Crippen molar-refractivity contribution in [3.63, 3.8) is 0 Å². The summed E-state index contributed by atoms with van der Waals surface area (Å²) in [5, 5.41) is 5.13. The number of sulfone groups is 1. The molecule has 2 rings (SSSR count). The molecule has 0 spiro atoms. The number of hydrogen-bond acceptors (Lipinski definition) is 4. The number of rotatable bonds is 4. The second kappa shape index (κ2) is 6.29. The fraction of sp³-hybridized carbons (Fsp3) is 0.0769. The van der Waals surface area contributed by atoms with Gasteiger partial charge in [-0.1, -0.05) is 39.7 Å². The lowest BCUT2D eigenvalue weighted by molar-refractivity contribution is 0.593. The second-order valence-electron chi connectivity index (χ2n) is 4.53. The Hall–Kier alpha value is -0.930. The van der Waals surface area contributed by atoms with Crippen molar-refractivity contribution in [1.29, 1.82) is 0 Å². The minimum atomic E-state index is -3.89. The van der Waals surface area contributed by atoms with Crippen molar-refractivity contribution in [3.8, 4) is 0 Å². The molecule has 0 bridgehead atoms. The van der Waals surface area contributed by atoms with Gasteiger partial charge in [0.1, 0.15) is 0 Å². The van der Waals surface area contributed by atoms with Crippen LogP contribution in [0.2, 0.25) is 5.02 Å². The molecule has 0 atom stereocenters. The lowest BCUT2D eigenvalue weighted by Gasteiger charge is -2.08. The average Bonchev–Trinajstić information content (AvgIpc) is 2.36. The standard InChI is InChI=1S/C13H11BrClNO4S2/c14-10-4-5-13(12(15)7-10)21(17,18)8-9-2-1-3-11(6-9)22(16,19)20/h1-7H,8H2,(H2,16,19,20). The molecule has 0 unspecified atom stereocenters. The van der Waals surface area contributed by atoms with Gasteiger partial charge in [0, 0.05) is 4.47 Å². The van der Waals surface area contributed by atoms with E-state index in [4.69, 9.17) is 16.7 Å². The van der Waals surface area contributed by atoms with Crippen molar-refractivity contribution in [1.82, 2.24) is 0 Å². The molecule has 2 aromatic rings. The molecular formula is C13H11BrClNO4S2. The molecular weight excluding hydrogens is 414 g/mol. The summed E-state index contributed by atoms with van der Waals surface area (Å²) in [7, 11) is -7.60. The number of benzene rings is 2. The fourth-order valence-corrected chi connectivity index (χ4v) is 4.85. The van der Waals surface area contributed by atoms with Crippen molar-refractivity contribution in [2.45, 2.75) is 15.5 Å². The maximum Gasteiger partial charge on any atom is 0.238 e. The SMILES string of the molecule is NS(=O)(=O)c1cccc(CS(=O)(=O)c2ccc(Br)cc2Cl)c1. The van der Waals surface area contributed by atoms with Crippen molar-refractivity contribution >= 4 is 47.4 Å².